The second-order valence-corrected chi connectivity index (χ2v) is 5.81. The van der Waals surface area contributed by atoms with E-state index in [1.165, 1.54) is 11.8 Å². The predicted molar refractivity (Wildman–Crippen MR) is 95.7 cm³/mol. The van der Waals surface area contributed by atoms with Crippen LogP contribution in [0.5, 0.6) is 11.5 Å². The molecule has 1 N–H and O–H groups in total. The first-order chi connectivity index (χ1) is 12.1. The van der Waals surface area contributed by atoms with Crippen LogP contribution in [0, 0.1) is 0 Å². The van der Waals surface area contributed by atoms with Crippen molar-refractivity contribution >= 4 is 28.5 Å². The average Bonchev–Trinajstić information content (AvgIpc) is 3.07. The smallest absolute Gasteiger partial charge is 0.344 e. The zero-order chi connectivity index (χ0) is 18.2. The first-order valence-corrected chi connectivity index (χ1v) is 8.78. The van der Waals surface area contributed by atoms with Crippen LogP contribution in [0.15, 0.2) is 34.5 Å². The molecule has 0 bridgehead atoms. The fourth-order valence-electron chi connectivity index (χ4n) is 2.06. The number of aliphatic hydroxyl groups excluding tert-OH is 1. The van der Waals surface area contributed by atoms with Gasteiger partial charge in [-0.05, 0) is 19.1 Å². The van der Waals surface area contributed by atoms with Crippen LogP contribution >= 0.6 is 11.8 Å². The Bertz CT molecular complexity index is 686. The largest absolute Gasteiger partial charge is 0.511 e. The van der Waals surface area contributed by atoms with Gasteiger partial charge in [0.15, 0.2) is 11.5 Å². The van der Waals surface area contributed by atoms with Gasteiger partial charge in [-0.3, -0.25) is 0 Å². The van der Waals surface area contributed by atoms with Crippen LogP contribution in [0.1, 0.15) is 20.3 Å². The van der Waals surface area contributed by atoms with Crippen molar-refractivity contribution in [2.24, 2.45) is 4.99 Å². The van der Waals surface area contributed by atoms with Crippen LogP contribution in [0.4, 0.5) is 5.69 Å². The number of carbonyl (C=O) groups excluding carboxylic acids is 1. The highest BCUT2D eigenvalue weighted by molar-refractivity contribution is 8.14. The third-order valence-electron chi connectivity index (χ3n) is 3.22. The second kappa shape index (κ2) is 9.33. The Morgan fingerprint density at radius 1 is 1.32 bits per heavy atom. The van der Waals surface area contributed by atoms with E-state index in [9.17, 15) is 9.90 Å². The number of thioether (sulfide) groups is 1. The van der Waals surface area contributed by atoms with Crippen LogP contribution in [0.25, 0.3) is 0 Å². The molecule has 1 aliphatic rings. The zero-order valence-electron chi connectivity index (χ0n) is 14.4. The first kappa shape index (κ1) is 19.1. The number of allylic oxidation sites excluding steroid dienone is 1. The number of methoxy groups -OCH3 is 1. The van der Waals surface area contributed by atoms with Gasteiger partial charge in [-0.2, -0.15) is 0 Å². The molecular formula is C17H21NO6S. The molecule has 0 atom stereocenters. The van der Waals surface area contributed by atoms with Gasteiger partial charge in [-0.15, -0.1) is 0 Å². The van der Waals surface area contributed by atoms with Gasteiger partial charge in [-0.1, -0.05) is 18.7 Å². The van der Waals surface area contributed by atoms with E-state index >= 15 is 0 Å². The Morgan fingerprint density at radius 2 is 2.08 bits per heavy atom. The first-order valence-electron chi connectivity index (χ1n) is 7.80. The van der Waals surface area contributed by atoms with Gasteiger partial charge in [-0.25, -0.2) is 9.79 Å². The van der Waals surface area contributed by atoms with Crippen molar-refractivity contribution in [3.63, 3.8) is 0 Å². The summed E-state index contributed by atoms with van der Waals surface area (Å²) in [5.74, 6) is 0.788. The van der Waals surface area contributed by atoms with Gasteiger partial charge in [0.1, 0.15) is 16.4 Å². The quantitative estimate of drug-likeness (QED) is 0.197. The molecule has 0 saturated heterocycles. The number of aliphatic hydroxyl groups is 1. The summed E-state index contributed by atoms with van der Waals surface area (Å²) in [6, 6.07) is 5.20. The van der Waals surface area contributed by atoms with Gasteiger partial charge in [0.05, 0.1) is 18.2 Å². The number of nitrogens with zero attached hydrogens (tertiary/aromatic N) is 1. The van der Waals surface area contributed by atoms with Crippen molar-refractivity contribution in [3.05, 3.63) is 29.5 Å². The summed E-state index contributed by atoms with van der Waals surface area (Å²) in [5, 5.41) is 10.5. The lowest BCUT2D eigenvalue weighted by Crippen LogP contribution is -2.17. The number of carbonyl (C=O) groups is 1. The lowest BCUT2D eigenvalue weighted by atomic mass is 10.2. The molecule has 136 valence electrons. The second-order valence-electron chi connectivity index (χ2n) is 4.90. The maximum Gasteiger partial charge on any atom is 0.344 e. The van der Waals surface area contributed by atoms with Gasteiger partial charge in [0.25, 0.3) is 0 Å². The molecule has 7 nitrogen and oxygen atoms in total. The maximum atomic E-state index is 12.3. The number of fused-ring (bicyclic) bond motifs is 1. The predicted octanol–water partition coefficient (Wildman–Crippen LogP) is 3.57. The Morgan fingerprint density at radius 3 is 2.76 bits per heavy atom. The molecular weight excluding hydrogens is 346 g/mol. The van der Waals surface area contributed by atoms with E-state index in [4.69, 9.17) is 18.9 Å². The van der Waals surface area contributed by atoms with Crippen molar-refractivity contribution in [1.82, 2.24) is 0 Å². The van der Waals surface area contributed by atoms with Crippen molar-refractivity contribution in [3.8, 4) is 11.5 Å². The molecule has 25 heavy (non-hydrogen) atoms. The summed E-state index contributed by atoms with van der Waals surface area (Å²) in [4.78, 5) is 16.8. The van der Waals surface area contributed by atoms with E-state index < -0.39 is 5.97 Å². The van der Waals surface area contributed by atoms with Crippen LogP contribution in [-0.4, -0.2) is 42.6 Å². The zero-order valence-corrected chi connectivity index (χ0v) is 15.2. The normalized spacial score (nSPS) is 14.3. The van der Waals surface area contributed by atoms with Crippen LogP contribution < -0.4 is 9.47 Å². The van der Waals surface area contributed by atoms with Crippen LogP contribution in [-0.2, 0) is 14.3 Å². The molecule has 1 aliphatic heterocycles. The highest BCUT2D eigenvalue weighted by Gasteiger charge is 2.23. The Balaban J connectivity index is 2.43. The van der Waals surface area contributed by atoms with E-state index in [1.807, 2.05) is 0 Å². The van der Waals surface area contributed by atoms with Crippen molar-refractivity contribution in [2.45, 2.75) is 20.3 Å². The highest BCUT2D eigenvalue weighted by Crippen LogP contribution is 2.36. The fourth-order valence-corrected chi connectivity index (χ4v) is 2.80. The van der Waals surface area contributed by atoms with Crippen molar-refractivity contribution in [2.75, 3.05) is 26.4 Å². The Kier molecular flexibility index (Phi) is 7.15. The lowest BCUT2D eigenvalue weighted by molar-refractivity contribution is -0.138. The van der Waals surface area contributed by atoms with Gasteiger partial charge < -0.3 is 24.1 Å². The molecule has 0 spiro atoms. The maximum absolute atomic E-state index is 12.3. The summed E-state index contributed by atoms with van der Waals surface area (Å²) in [5.41, 5.74) is 0.609. The Labute approximate surface area is 150 Å². The number of esters is 1. The molecule has 1 heterocycles. The summed E-state index contributed by atoms with van der Waals surface area (Å²) in [6.07, 6.45) is 0.280. The van der Waals surface area contributed by atoms with E-state index in [0.717, 1.165) is 0 Å². The number of benzene rings is 1. The number of hydrogen-bond acceptors (Lipinski definition) is 8. The monoisotopic (exact) mass is 367 g/mol. The minimum atomic E-state index is -0.620. The van der Waals surface area contributed by atoms with E-state index in [0.29, 0.717) is 22.2 Å². The summed E-state index contributed by atoms with van der Waals surface area (Å²) >= 11 is 1.19. The molecule has 8 heteroatoms. The average molecular weight is 367 g/mol. The molecule has 1 aromatic rings. The van der Waals surface area contributed by atoms with Gasteiger partial charge in [0, 0.05) is 19.6 Å². The molecule has 0 radical (unpaired) electrons. The number of rotatable bonds is 7. The Hall–Kier alpha value is -2.19. The third kappa shape index (κ3) is 4.90. The topological polar surface area (TPSA) is 86.6 Å². The summed E-state index contributed by atoms with van der Waals surface area (Å²) in [7, 11) is 1.54. The fraction of sp³-hybridized carbons (Fsp3) is 0.412. The van der Waals surface area contributed by atoms with Gasteiger partial charge in [0.2, 0.25) is 6.79 Å². The SMILES string of the molecule is CCOC(=O)/C(C(=Nc1ccc2c(c1)OCO2)SCOC)=C(\O)CC. The minimum absolute atomic E-state index is 0.0454. The van der Waals surface area contributed by atoms with Gasteiger partial charge >= 0.3 is 5.97 Å². The molecule has 0 aliphatic carbocycles. The summed E-state index contributed by atoms with van der Waals surface area (Å²) < 4.78 is 20.7. The molecule has 0 unspecified atom stereocenters. The number of ether oxygens (including phenoxy) is 4. The van der Waals surface area contributed by atoms with E-state index in [-0.39, 0.29) is 37.1 Å². The van der Waals surface area contributed by atoms with Crippen molar-refractivity contribution in [1.29, 1.82) is 0 Å². The molecule has 2 rings (SSSR count). The third-order valence-corrected chi connectivity index (χ3v) is 4.14. The lowest BCUT2D eigenvalue weighted by Gasteiger charge is -2.12. The van der Waals surface area contributed by atoms with E-state index in [2.05, 4.69) is 4.99 Å². The minimum Gasteiger partial charge on any atom is -0.511 e. The van der Waals surface area contributed by atoms with E-state index in [1.54, 1.807) is 39.2 Å². The molecule has 0 aromatic heterocycles. The number of hydrogen-bond donors (Lipinski definition) is 1. The molecule has 0 saturated carbocycles. The molecule has 0 amide bonds. The highest BCUT2D eigenvalue weighted by atomic mass is 32.2. The van der Waals surface area contributed by atoms with Crippen molar-refractivity contribution < 1.29 is 28.8 Å². The number of aliphatic imine (C=N–C) groups is 1. The molecule has 0 fully saturated rings. The summed E-state index contributed by atoms with van der Waals surface area (Å²) in [6.45, 7) is 3.81. The van der Waals surface area contributed by atoms with Crippen LogP contribution in [0.3, 0.4) is 0 Å². The molecule has 1 aromatic carbocycles. The van der Waals surface area contributed by atoms with Crippen LogP contribution in [0.2, 0.25) is 0 Å². The standard InChI is InChI=1S/C17H21NO6S/c1-4-12(19)15(17(20)22-5-2)16(25-10-21-3)18-11-6-7-13-14(8-11)24-9-23-13/h6-8,19H,4-5,9-10H2,1-3H3/b15-12-,18-16?.